The van der Waals surface area contributed by atoms with Gasteiger partial charge in [0, 0.05) is 24.0 Å². The van der Waals surface area contributed by atoms with Gasteiger partial charge in [-0.15, -0.1) is 0 Å². The molecule has 3 N–H and O–H groups in total. The van der Waals surface area contributed by atoms with Crippen molar-refractivity contribution in [3.05, 3.63) is 47.8 Å². The van der Waals surface area contributed by atoms with Gasteiger partial charge in [-0.2, -0.15) is 5.10 Å². The first-order valence-corrected chi connectivity index (χ1v) is 5.75. The van der Waals surface area contributed by atoms with Crippen LogP contribution in [0.4, 0.5) is 5.69 Å². The Balaban J connectivity index is 1.94. The fourth-order valence-electron chi connectivity index (χ4n) is 1.58. The molecule has 0 atom stereocenters. The van der Waals surface area contributed by atoms with Crippen LogP contribution in [0.1, 0.15) is 11.1 Å². The van der Waals surface area contributed by atoms with Crippen LogP contribution in [-0.4, -0.2) is 15.7 Å². The molecule has 5 heteroatoms. The van der Waals surface area contributed by atoms with Crippen LogP contribution in [0.15, 0.2) is 36.7 Å². The van der Waals surface area contributed by atoms with E-state index in [4.69, 9.17) is 5.73 Å². The van der Waals surface area contributed by atoms with Crippen molar-refractivity contribution in [1.29, 1.82) is 0 Å². The predicted octanol–water partition coefficient (Wildman–Crippen LogP) is 1.29. The molecule has 1 aromatic carbocycles. The molecule has 0 spiro atoms. The molecule has 18 heavy (non-hydrogen) atoms. The van der Waals surface area contributed by atoms with Gasteiger partial charge in [0.05, 0.1) is 6.20 Å². The minimum absolute atomic E-state index is 0.106. The third-order valence-corrected chi connectivity index (χ3v) is 2.56. The van der Waals surface area contributed by atoms with Gasteiger partial charge in [0.15, 0.2) is 0 Å². The summed E-state index contributed by atoms with van der Waals surface area (Å²) in [5.41, 5.74) is 8.34. The number of nitrogens with zero attached hydrogens (tertiary/aromatic N) is 2. The van der Waals surface area contributed by atoms with Crippen LogP contribution in [0.5, 0.6) is 0 Å². The lowest BCUT2D eigenvalue weighted by Gasteiger charge is -2.05. The molecule has 94 valence electrons. The molecule has 2 aromatic rings. The number of hydrogen-bond acceptors (Lipinski definition) is 3. The van der Waals surface area contributed by atoms with Gasteiger partial charge < -0.3 is 11.1 Å². The molecule has 0 saturated carbocycles. The Kier molecular flexibility index (Phi) is 3.74. The second kappa shape index (κ2) is 5.46. The van der Waals surface area contributed by atoms with Crippen LogP contribution in [0.25, 0.3) is 0 Å². The smallest absolute Gasteiger partial charge is 0.246 e. The van der Waals surface area contributed by atoms with Crippen LogP contribution in [0, 0.1) is 6.92 Å². The number of carbonyl (C=O) groups excluding carboxylic acids is 1. The fourth-order valence-corrected chi connectivity index (χ4v) is 1.58. The summed E-state index contributed by atoms with van der Waals surface area (Å²) in [4.78, 5) is 11.8. The van der Waals surface area contributed by atoms with Crippen molar-refractivity contribution in [2.45, 2.75) is 20.0 Å². The first kappa shape index (κ1) is 12.3. The molecule has 0 saturated heterocycles. The monoisotopic (exact) mass is 244 g/mol. The van der Waals surface area contributed by atoms with Crippen LogP contribution in [-0.2, 0) is 17.9 Å². The van der Waals surface area contributed by atoms with Gasteiger partial charge >= 0.3 is 0 Å². The van der Waals surface area contributed by atoms with E-state index in [1.807, 2.05) is 31.2 Å². The van der Waals surface area contributed by atoms with E-state index in [2.05, 4.69) is 10.4 Å². The quantitative estimate of drug-likeness (QED) is 0.851. The Hall–Kier alpha value is -2.14. The number of aryl methyl sites for hydroxylation is 1. The highest BCUT2D eigenvalue weighted by Crippen LogP contribution is 2.08. The van der Waals surface area contributed by atoms with Crippen molar-refractivity contribution in [2.75, 3.05) is 5.32 Å². The molecule has 5 nitrogen and oxygen atoms in total. The second-order valence-corrected chi connectivity index (χ2v) is 4.16. The summed E-state index contributed by atoms with van der Waals surface area (Å²) in [6, 6.07) is 7.66. The highest BCUT2D eigenvalue weighted by molar-refractivity contribution is 5.90. The second-order valence-electron chi connectivity index (χ2n) is 4.16. The maximum atomic E-state index is 11.8. The molecule has 1 heterocycles. The lowest BCUT2D eigenvalue weighted by atomic mass is 10.2. The highest BCUT2D eigenvalue weighted by atomic mass is 16.2. The molecule has 0 aliphatic heterocycles. The Morgan fingerprint density at radius 2 is 2.11 bits per heavy atom. The molecule has 0 fully saturated rings. The van der Waals surface area contributed by atoms with E-state index < -0.39 is 0 Å². The summed E-state index contributed by atoms with van der Waals surface area (Å²) >= 11 is 0. The van der Waals surface area contributed by atoms with Gasteiger partial charge in [-0.25, -0.2) is 0 Å². The Bertz CT molecular complexity index is 530. The Morgan fingerprint density at radius 3 is 2.72 bits per heavy atom. The number of nitrogens with one attached hydrogen (secondary N) is 1. The summed E-state index contributed by atoms with van der Waals surface area (Å²) in [6.07, 6.45) is 3.44. The van der Waals surface area contributed by atoms with E-state index in [1.165, 1.54) is 0 Å². The molecular formula is C13H16N4O. The number of rotatable bonds is 4. The number of anilines is 1. The van der Waals surface area contributed by atoms with Crippen LogP contribution < -0.4 is 11.1 Å². The third-order valence-electron chi connectivity index (χ3n) is 2.56. The van der Waals surface area contributed by atoms with Gasteiger partial charge in [-0.05, 0) is 19.1 Å². The van der Waals surface area contributed by atoms with E-state index in [1.54, 1.807) is 17.1 Å². The van der Waals surface area contributed by atoms with Gasteiger partial charge in [0.1, 0.15) is 6.54 Å². The van der Waals surface area contributed by atoms with E-state index in [0.29, 0.717) is 6.54 Å². The van der Waals surface area contributed by atoms with Crippen molar-refractivity contribution >= 4 is 11.6 Å². The molecule has 2 rings (SSSR count). The van der Waals surface area contributed by atoms with Crippen molar-refractivity contribution in [3.63, 3.8) is 0 Å². The summed E-state index contributed by atoms with van der Waals surface area (Å²) in [5, 5.41) is 6.87. The zero-order chi connectivity index (χ0) is 13.0. The maximum Gasteiger partial charge on any atom is 0.246 e. The van der Waals surface area contributed by atoms with E-state index in [9.17, 15) is 4.79 Å². The summed E-state index contributed by atoms with van der Waals surface area (Å²) < 4.78 is 1.58. The molecule has 1 aromatic heterocycles. The van der Waals surface area contributed by atoms with E-state index >= 15 is 0 Å². The summed E-state index contributed by atoms with van der Waals surface area (Å²) in [7, 11) is 0. The van der Waals surface area contributed by atoms with Crippen LogP contribution >= 0.6 is 0 Å². The zero-order valence-electron chi connectivity index (χ0n) is 10.3. The minimum Gasteiger partial charge on any atom is -0.326 e. The van der Waals surface area contributed by atoms with Gasteiger partial charge in [0.25, 0.3) is 0 Å². The summed E-state index contributed by atoms with van der Waals surface area (Å²) in [6.45, 7) is 2.62. The van der Waals surface area contributed by atoms with Gasteiger partial charge in [-0.1, -0.05) is 17.7 Å². The average molecular weight is 244 g/mol. The number of benzene rings is 1. The van der Waals surface area contributed by atoms with Crippen molar-refractivity contribution in [3.8, 4) is 0 Å². The number of carbonyl (C=O) groups is 1. The largest absolute Gasteiger partial charge is 0.326 e. The topological polar surface area (TPSA) is 72.9 Å². The molecular weight excluding hydrogens is 228 g/mol. The first-order chi connectivity index (χ1) is 8.67. The number of hydrogen-bond donors (Lipinski definition) is 2. The number of amides is 1. The molecule has 0 aliphatic rings. The third kappa shape index (κ3) is 3.18. The maximum absolute atomic E-state index is 11.8. The molecule has 0 bridgehead atoms. The van der Waals surface area contributed by atoms with Gasteiger partial charge in [0.2, 0.25) is 5.91 Å². The normalized spacial score (nSPS) is 10.3. The average Bonchev–Trinajstić information content (AvgIpc) is 2.79. The van der Waals surface area contributed by atoms with E-state index in [0.717, 1.165) is 16.8 Å². The molecule has 0 aliphatic carbocycles. The predicted molar refractivity (Wildman–Crippen MR) is 69.9 cm³/mol. The highest BCUT2D eigenvalue weighted by Gasteiger charge is 2.04. The molecule has 1 amide bonds. The van der Waals surface area contributed by atoms with Crippen molar-refractivity contribution in [1.82, 2.24) is 9.78 Å². The molecule has 0 radical (unpaired) electrons. The van der Waals surface area contributed by atoms with Crippen LogP contribution in [0.3, 0.4) is 0 Å². The summed E-state index contributed by atoms with van der Waals surface area (Å²) in [5.74, 6) is -0.106. The zero-order valence-corrected chi connectivity index (χ0v) is 10.3. The van der Waals surface area contributed by atoms with E-state index in [-0.39, 0.29) is 12.5 Å². The van der Waals surface area contributed by atoms with Crippen LogP contribution in [0.2, 0.25) is 0 Å². The number of aromatic nitrogens is 2. The van der Waals surface area contributed by atoms with Crippen molar-refractivity contribution < 1.29 is 4.79 Å². The van der Waals surface area contributed by atoms with Crippen molar-refractivity contribution in [2.24, 2.45) is 5.73 Å². The minimum atomic E-state index is -0.106. The SMILES string of the molecule is Cc1ccc(NC(=O)Cn2cc(CN)cn2)cc1. The van der Waals surface area contributed by atoms with Gasteiger partial charge in [-0.3, -0.25) is 9.48 Å². The Labute approximate surface area is 106 Å². The Morgan fingerprint density at radius 1 is 1.39 bits per heavy atom. The fraction of sp³-hybridized carbons (Fsp3) is 0.231. The number of nitrogens with two attached hydrogens (primary N) is 1. The lowest BCUT2D eigenvalue weighted by Crippen LogP contribution is -2.19. The standard InChI is InChI=1S/C13H16N4O/c1-10-2-4-12(5-3-10)16-13(18)9-17-8-11(6-14)7-15-17/h2-5,7-8H,6,9,14H2,1H3,(H,16,18). The molecule has 0 unspecified atom stereocenters. The lowest BCUT2D eigenvalue weighted by molar-refractivity contribution is -0.116. The first-order valence-electron chi connectivity index (χ1n) is 5.75.